The Morgan fingerprint density at radius 2 is 2.27 bits per heavy atom. The molecule has 7 heteroatoms. The molecule has 0 spiro atoms. The van der Waals surface area contributed by atoms with Gasteiger partial charge in [0.25, 0.3) is 5.91 Å². The van der Waals surface area contributed by atoms with Gasteiger partial charge in [0, 0.05) is 25.0 Å². The van der Waals surface area contributed by atoms with Crippen molar-refractivity contribution in [1.29, 1.82) is 0 Å². The highest BCUT2D eigenvalue weighted by Crippen LogP contribution is 2.14. The van der Waals surface area contributed by atoms with Gasteiger partial charge < -0.3 is 19.1 Å². The number of ether oxygens (including phenoxy) is 1. The molecular formula is C15H17N3O4. The van der Waals surface area contributed by atoms with Crippen LogP contribution in [0.4, 0.5) is 0 Å². The van der Waals surface area contributed by atoms with Gasteiger partial charge in [0.2, 0.25) is 0 Å². The number of aliphatic carboxylic acids is 1. The molecule has 1 atom stereocenters. The molecule has 0 aliphatic carbocycles. The smallest absolute Gasteiger partial charge is 0.306 e. The number of carboxylic acid groups (broad SMARTS) is 1. The largest absolute Gasteiger partial charge is 0.481 e. The molecule has 0 bridgehead atoms. The molecule has 116 valence electrons. The molecule has 3 rings (SSSR count). The highest BCUT2D eigenvalue weighted by molar-refractivity contribution is 5.93. The van der Waals surface area contributed by atoms with Crippen LogP contribution in [0, 0.1) is 6.92 Å². The van der Waals surface area contributed by atoms with E-state index in [0.29, 0.717) is 18.8 Å². The Morgan fingerprint density at radius 1 is 1.45 bits per heavy atom. The van der Waals surface area contributed by atoms with Gasteiger partial charge in [0.15, 0.2) is 0 Å². The van der Waals surface area contributed by atoms with Crippen molar-refractivity contribution in [3.05, 3.63) is 35.8 Å². The first kappa shape index (κ1) is 14.5. The van der Waals surface area contributed by atoms with Gasteiger partial charge in [-0.05, 0) is 19.1 Å². The predicted octanol–water partition coefficient (Wildman–Crippen LogP) is 0.958. The van der Waals surface area contributed by atoms with Crippen molar-refractivity contribution < 1.29 is 19.4 Å². The molecule has 2 aromatic heterocycles. The number of hydrogen-bond donors (Lipinski definition) is 1. The van der Waals surface area contributed by atoms with E-state index in [2.05, 4.69) is 4.98 Å². The highest BCUT2D eigenvalue weighted by Gasteiger charge is 2.27. The Hall–Kier alpha value is -2.41. The van der Waals surface area contributed by atoms with Gasteiger partial charge in [0.1, 0.15) is 11.3 Å². The molecule has 1 unspecified atom stereocenters. The zero-order chi connectivity index (χ0) is 15.7. The Balaban J connectivity index is 1.80. The minimum absolute atomic E-state index is 0.103. The summed E-state index contributed by atoms with van der Waals surface area (Å²) in [6.45, 7) is 3.01. The van der Waals surface area contributed by atoms with Gasteiger partial charge in [0.05, 0.1) is 19.1 Å². The molecule has 1 N–H and O–H groups in total. The molecule has 0 aromatic carbocycles. The summed E-state index contributed by atoms with van der Waals surface area (Å²) in [7, 11) is 0. The zero-order valence-corrected chi connectivity index (χ0v) is 12.2. The maximum absolute atomic E-state index is 12.6. The third-order valence-corrected chi connectivity index (χ3v) is 3.74. The Labute approximate surface area is 127 Å². The van der Waals surface area contributed by atoms with Crippen LogP contribution < -0.4 is 0 Å². The Morgan fingerprint density at radius 3 is 3.00 bits per heavy atom. The second kappa shape index (κ2) is 5.76. The molecule has 1 amide bonds. The maximum atomic E-state index is 12.6. The van der Waals surface area contributed by atoms with Crippen molar-refractivity contribution >= 4 is 17.5 Å². The van der Waals surface area contributed by atoms with E-state index >= 15 is 0 Å². The third-order valence-electron chi connectivity index (χ3n) is 3.74. The minimum Gasteiger partial charge on any atom is -0.481 e. The number of carbonyl (C=O) groups is 2. The van der Waals surface area contributed by atoms with E-state index in [1.54, 1.807) is 11.1 Å². The van der Waals surface area contributed by atoms with Crippen molar-refractivity contribution in [1.82, 2.24) is 14.3 Å². The van der Waals surface area contributed by atoms with Crippen LogP contribution in [0.2, 0.25) is 0 Å². The average molecular weight is 303 g/mol. The fourth-order valence-electron chi connectivity index (χ4n) is 2.64. The monoisotopic (exact) mass is 303 g/mol. The Bertz CT molecular complexity index is 725. The zero-order valence-electron chi connectivity index (χ0n) is 12.2. The summed E-state index contributed by atoms with van der Waals surface area (Å²) in [5.41, 5.74) is 2.08. The summed E-state index contributed by atoms with van der Waals surface area (Å²) in [6, 6.07) is 5.68. The van der Waals surface area contributed by atoms with Crippen molar-refractivity contribution in [2.75, 3.05) is 19.7 Å². The molecule has 0 radical (unpaired) electrons. The van der Waals surface area contributed by atoms with Crippen LogP contribution in [0.15, 0.2) is 24.4 Å². The van der Waals surface area contributed by atoms with Crippen LogP contribution in [0.25, 0.3) is 5.65 Å². The van der Waals surface area contributed by atoms with Crippen molar-refractivity contribution in [2.45, 2.75) is 19.4 Å². The highest BCUT2D eigenvalue weighted by atomic mass is 16.5. The molecule has 7 nitrogen and oxygen atoms in total. The molecule has 2 aromatic rings. The molecule has 3 heterocycles. The van der Waals surface area contributed by atoms with Crippen molar-refractivity contribution in [3.63, 3.8) is 0 Å². The molecule has 0 saturated carbocycles. The SMILES string of the molecule is Cc1cccc2nc(C(=O)N3CCOC(CC(=O)O)C3)cn12. The first-order valence-electron chi connectivity index (χ1n) is 7.12. The van der Waals surface area contributed by atoms with E-state index in [-0.39, 0.29) is 18.9 Å². The van der Waals surface area contributed by atoms with Crippen LogP contribution in [-0.2, 0) is 9.53 Å². The summed E-state index contributed by atoms with van der Waals surface area (Å²) in [4.78, 5) is 29.3. The van der Waals surface area contributed by atoms with Gasteiger partial charge in [-0.25, -0.2) is 4.98 Å². The van der Waals surface area contributed by atoms with Gasteiger partial charge >= 0.3 is 5.97 Å². The van der Waals surface area contributed by atoms with Gasteiger partial charge in [-0.1, -0.05) is 6.07 Å². The van der Waals surface area contributed by atoms with Gasteiger partial charge in [-0.2, -0.15) is 0 Å². The van der Waals surface area contributed by atoms with Crippen molar-refractivity contribution in [2.24, 2.45) is 0 Å². The number of pyridine rings is 1. The van der Waals surface area contributed by atoms with Crippen LogP contribution in [0.1, 0.15) is 22.6 Å². The summed E-state index contributed by atoms with van der Waals surface area (Å²) in [5, 5.41) is 8.83. The van der Waals surface area contributed by atoms with E-state index < -0.39 is 12.1 Å². The quantitative estimate of drug-likeness (QED) is 0.913. The minimum atomic E-state index is -0.928. The number of rotatable bonds is 3. The Kier molecular flexibility index (Phi) is 3.81. The van der Waals surface area contributed by atoms with E-state index in [9.17, 15) is 9.59 Å². The lowest BCUT2D eigenvalue weighted by molar-refractivity contribution is -0.141. The molecule has 1 fully saturated rings. The first-order chi connectivity index (χ1) is 10.5. The number of morpholine rings is 1. The number of aryl methyl sites for hydroxylation is 1. The summed E-state index contributed by atoms with van der Waals surface area (Å²) >= 11 is 0. The van der Waals surface area contributed by atoms with E-state index in [1.165, 1.54) is 0 Å². The number of aromatic nitrogens is 2. The lowest BCUT2D eigenvalue weighted by atomic mass is 10.2. The fraction of sp³-hybridized carbons (Fsp3) is 0.400. The van der Waals surface area contributed by atoms with Crippen LogP contribution in [-0.4, -0.2) is 57.1 Å². The number of fused-ring (bicyclic) bond motifs is 1. The number of carboxylic acids is 1. The molecule has 22 heavy (non-hydrogen) atoms. The number of amides is 1. The van der Waals surface area contributed by atoms with Gasteiger partial charge in [-0.3, -0.25) is 9.59 Å². The van der Waals surface area contributed by atoms with Crippen LogP contribution >= 0.6 is 0 Å². The maximum Gasteiger partial charge on any atom is 0.306 e. The van der Waals surface area contributed by atoms with E-state index in [1.807, 2.05) is 29.5 Å². The molecule has 1 aliphatic rings. The predicted molar refractivity (Wildman–Crippen MR) is 77.8 cm³/mol. The summed E-state index contributed by atoms with van der Waals surface area (Å²) < 4.78 is 7.25. The topological polar surface area (TPSA) is 84.1 Å². The van der Waals surface area contributed by atoms with E-state index in [4.69, 9.17) is 9.84 Å². The summed E-state index contributed by atoms with van der Waals surface area (Å²) in [6.07, 6.45) is 1.15. The summed E-state index contributed by atoms with van der Waals surface area (Å²) in [5.74, 6) is -1.12. The molecule has 1 saturated heterocycles. The molecular weight excluding hydrogens is 286 g/mol. The van der Waals surface area contributed by atoms with E-state index in [0.717, 1.165) is 11.3 Å². The average Bonchev–Trinajstić information content (AvgIpc) is 2.91. The lowest BCUT2D eigenvalue weighted by Gasteiger charge is -2.31. The van der Waals surface area contributed by atoms with Gasteiger partial charge in [-0.15, -0.1) is 0 Å². The standard InChI is InChI=1S/C15H17N3O4/c1-10-3-2-4-13-16-12(9-18(10)13)15(21)17-5-6-22-11(8-17)7-14(19)20/h2-4,9,11H,5-8H2,1H3,(H,19,20). The number of imidazole rings is 1. The van der Waals surface area contributed by atoms with Crippen molar-refractivity contribution in [3.8, 4) is 0 Å². The van der Waals surface area contributed by atoms with Crippen LogP contribution in [0.3, 0.4) is 0 Å². The number of hydrogen-bond acceptors (Lipinski definition) is 4. The second-order valence-corrected chi connectivity index (χ2v) is 5.36. The van der Waals surface area contributed by atoms with Crippen LogP contribution in [0.5, 0.6) is 0 Å². The fourth-order valence-corrected chi connectivity index (χ4v) is 2.64. The first-order valence-corrected chi connectivity index (χ1v) is 7.12. The number of nitrogens with zero attached hydrogens (tertiary/aromatic N) is 3. The number of carbonyl (C=O) groups excluding carboxylic acids is 1. The molecule has 1 aliphatic heterocycles. The normalized spacial score (nSPS) is 18.6. The lowest BCUT2D eigenvalue weighted by Crippen LogP contribution is -2.46. The third kappa shape index (κ3) is 2.80. The second-order valence-electron chi connectivity index (χ2n) is 5.36.